The molecule has 0 spiro atoms. The van der Waals surface area contributed by atoms with Crippen LogP contribution in [0.15, 0.2) is 41.0 Å². The highest BCUT2D eigenvalue weighted by Crippen LogP contribution is 2.25. The van der Waals surface area contributed by atoms with E-state index in [4.69, 9.17) is 11.6 Å². The highest BCUT2D eigenvalue weighted by Gasteiger charge is 2.24. The Kier molecular flexibility index (Phi) is 8.66. The highest BCUT2D eigenvalue weighted by molar-refractivity contribution is 7.99. The average molecular weight is 493 g/mol. The largest absolute Gasteiger partial charge is 0.342 e. The molecule has 3 rings (SSSR count). The molecule has 170 valence electrons. The van der Waals surface area contributed by atoms with Crippen LogP contribution in [0.1, 0.15) is 49.4 Å². The van der Waals surface area contributed by atoms with E-state index in [1.54, 1.807) is 35.8 Å². The van der Waals surface area contributed by atoms with Crippen LogP contribution < -0.4 is 10.6 Å². The fraction of sp³-hybridized carbons (Fsp3) is 0.381. The number of anilines is 1. The fourth-order valence-corrected chi connectivity index (χ4v) is 4.56. The van der Waals surface area contributed by atoms with Gasteiger partial charge < -0.3 is 15.2 Å². The van der Waals surface area contributed by atoms with Gasteiger partial charge in [-0.15, -0.1) is 21.5 Å². The first kappa shape index (κ1) is 24.2. The van der Waals surface area contributed by atoms with Crippen molar-refractivity contribution >= 4 is 51.6 Å². The molecule has 2 N–H and O–H groups in total. The number of halogens is 1. The van der Waals surface area contributed by atoms with Crippen molar-refractivity contribution in [3.63, 3.8) is 0 Å². The molecule has 0 saturated carbocycles. The van der Waals surface area contributed by atoms with Crippen LogP contribution in [0.3, 0.4) is 0 Å². The summed E-state index contributed by atoms with van der Waals surface area (Å²) in [6, 6.07) is 6.44. The predicted molar refractivity (Wildman–Crippen MR) is 128 cm³/mol. The smallest absolute Gasteiger partial charge is 0.251 e. The van der Waals surface area contributed by atoms with Gasteiger partial charge >= 0.3 is 0 Å². The summed E-state index contributed by atoms with van der Waals surface area (Å²) < 4.78 is 1.94. The van der Waals surface area contributed by atoms with Crippen LogP contribution in [0.2, 0.25) is 5.02 Å². The van der Waals surface area contributed by atoms with Crippen LogP contribution in [-0.4, -0.2) is 37.3 Å². The van der Waals surface area contributed by atoms with Crippen LogP contribution in [0.25, 0.3) is 0 Å². The van der Waals surface area contributed by atoms with Crippen molar-refractivity contribution in [1.82, 2.24) is 25.1 Å². The lowest BCUT2D eigenvalue weighted by Gasteiger charge is -2.21. The first-order chi connectivity index (χ1) is 15.4. The zero-order valence-electron chi connectivity index (χ0n) is 18.0. The summed E-state index contributed by atoms with van der Waals surface area (Å²) in [5.74, 6) is 0.824. The lowest BCUT2D eigenvalue weighted by atomic mass is 10.0. The Morgan fingerprint density at radius 3 is 2.59 bits per heavy atom. The number of carbonyl (C=O) groups is 2. The number of hydrogen-bond acceptors (Lipinski definition) is 7. The van der Waals surface area contributed by atoms with E-state index in [1.807, 2.05) is 11.5 Å². The number of carbonyl (C=O) groups excluding carboxylic acids is 2. The van der Waals surface area contributed by atoms with Crippen molar-refractivity contribution in [3.8, 4) is 0 Å². The second-order valence-electron chi connectivity index (χ2n) is 7.42. The number of thiazole rings is 1. The molecule has 0 fully saturated rings. The van der Waals surface area contributed by atoms with Gasteiger partial charge in [-0.25, -0.2) is 4.98 Å². The minimum absolute atomic E-state index is 0.160. The van der Waals surface area contributed by atoms with Gasteiger partial charge in [0.25, 0.3) is 5.91 Å². The lowest BCUT2D eigenvalue weighted by Crippen LogP contribution is -2.31. The summed E-state index contributed by atoms with van der Waals surface area (Å²) in [7, 11) is 0. The van der Waals surface area contributed by atoms with Gasteiger partial charge in [-0.3, -0.25) is 9.59 Å². The van der Waals surface area contributed by atoms with Crippen molar-refractivity contribution in [3.05, 3.63) is 52.3 Å². The van der Waals surface area contributed by atoms with Gasteiger partial charge in [0.15, 0.2) is 16.1 Å². The number of nitrogens with zero attached hydrogens (tertiary/aromatic N) is 4. The molecule has 32 heavy (non-hydrogen) atoms. The van der Waals surface area contributed by atoms with Crippen molar-refractivity contribution in [2.45, 2.75) is 44.9 Å². The molecule has 8 nitrogen and oxygen atoms in total. The number of amides is 2. The normalized spacial score (nSPS) is 12.0. The van der Waals surface area contributed by atoms with E-state index in [0.29, 0.717) is 45.6 Å². The molecule has 1 atom stereocenters. The number of hydrogen-bond donors (Lipinski definition) is 2. The molecule has 2 aromatic heterocycles. The van der Waals surface area contributed by atoms with E-state index in [1.165, 1.54) is 23.1 Å². The van der Waals surface area contributed by atoms with Crippen molar-refractivity contribution in [2.24, 2.45) is 5.92 Å². The molecule has 0 aliphatic rings. The number of benzene rings is 1. The van der Waals surface area contributed by atoms with Gasteiger partial charge in [0, 0.05) is 28.7 Å². The van der Waals surface area contributed by atoms with Crippen LogP contribution >= 0.6 is 34.7 Å². The van der Waals surface area contributed by atoms with E-state index >= 15 is 0 Å². The molecule has 0 saturated heterocycles. The Morgan fingerprint density at radius 1 is 1.22 bits per heavy atom. The minimum Gasteiger partial charge on any atom is -0.342 e. The van der Waals surface area contributed by atoms with Crippen LogP contribution in [0.4, 0.5) is 5.13 Å². The van der Waals surface area contributed by atoms with Gasteiger partial charge in [0.05, 0.1) is 11.8 Å². The molecule has 2 amide bonds. The molecule has 11 heteroatoms. The first-order valence-electron chi connectivity index (χ1n) is 10.2. The maximum absolute atomic E-state index is 12.8. The quantitative estimate of drug-likeness (QED) is 0.399. The zero-order chi connectivity index (χ0) is 23.1. The summed E-state index contributed by atoms with van der Waals surface area (Å²) >= 11 is 8.60. The van der Waals surface area contributed by atoms with Crippen LogP contribution in [0, 0.1) is 5.92 Å². The standard InChI is InChI=1S/C21H25ClN6O2S2/c1-4-28-18(26-27-21(28)32-12-17(29)25-20-23-9-10-31-20)16(11-13(2)3)24-19(30)14-5-7-15(22)8-6-14/h5-10,13,16H,4,11-12H2,1-3H3,(H,24,30)(H,23,25,29)/t16-/m1/s1. The summed E-state index contributed by atoms with van der Waals surface area (Å²) in [6.07, 6.45) is 2.34. The SMILES string of the molecule is CCn1c(SCC(=O)Nc2nccs2)nnc1[C@@H](CC(C)C)NC(=O)c1ccc(Cl)cc1. The Balaban J connectivity index is 1.73. The highest BCUT2D eigenvalue weighted by atomic mass is 35.5. The molecule has 0 aliphatic heterocycles. The fourth-order valence-electron chi connectivity index (χ4n) is 3.08. The Hall–Kier alpha value is -2.43. The van der Waals surface area contributed by atoms with E-state index < -0.39 is 0 Å². The zero-order valence-corrected chi connectivity index (χ0v) is 20.4. The van der Waals surface area contributed by atoms with Crippen LogP contribution in [0.5, 0.6) is 0 Å². The maximum Gasteiger partial charge on any atom is 0.251 e. The predicted octanol–water partition coefficient (Wildman–Crippen LogP) is 4.66. The van der Waals surface area contributed by atoms with Crippen molar-refractivity contribution in [1.29, 1.82) is 0 Å². The minimum atomic E-state index is -0.316. The van der Waals surface area contributed by atoms with Gasteiger partial charge in [-0.1, -0.05) is 37.2 Å². The van der Waals surface area contributed by atoms with Gasteiger partial charge in [0.1, 0.15) is 0 Å². The number of rotatable bonds is 10. The molecule has 0 radical (unpaired) electrons. The third-order valence-corrected chi connectivity index (χ3v) is 6.41. The molecular formula is C21H25ClN6O2S2. The third-order valence-electron chi connectivity index (χ3n) is 4.50. The van der Waals surface area contributed by atoms with Crippen molar-refractivity contribution < 1.29 is 9.59 Å². The van der Waals surface area contributed by atoms with E-state index in [9.17, 15) is 9.59 Å². The average Bonchev–Trinajstić information content (AvgIpc) is 3.41. The molecule has 0 aliphatic carbocycles. The molecule has 0 unspecified atom stereocenters. The summed E-state index contributed by atoms with van der Waals surface area (Å²) in [5.41, 5.74) is 0.527. The maximum atomic E-state index is 12.8. The second kappa shape index (κ2) is 11.4. The van der Waals surface area contributed by atoms with Crippen LogP contribution in [-0.2, 0) is 11.3 Å². The monoisotopic (exact) mass is 492 g/mol. The number of nitrogens with one attached hydrogen (secondary N) is 2. The summed E-state index contributed by atoms with van der Waals surface area (Å²) in [5, 5.41) is 18.1. The number of thioether (sulfide) groups is 1. The Morgan fingerprint density at radius 2 is 1.97 bits per heavy atom. The molecular weight excluding hydrogens is 468 g/mol. The summed E-state index contributed by atoms with van der Waals surface area (Å²) in [4.78, 5) is 29.1. The lowest BCUT2D eigenvalue weighted by molar-refractivity contribution is -0.113. The van der Waals surface area contributed by atoms with Gasteiger partial charge in [0.2, 0.25) is 5.91 Å². The molecule has 2 heterocycles. The molecule has 1 aromatic carbocycles. The molecule has 3 aromatic rings. The topological polar surface area (TPSA) is 102 Å². The number of aromatic nitrogens is 4. The van der Waals surface area contributed by atoms with E-state index in [0.717, 1.165) is 0 Å². The Bertz CT molecular complexity index is 1040. The van der Waals surface area contributed by atoms with Gasteiger partial charge in [-0.05, 0) is 43.5 Å². The third kappa shape index (κ3) is 6.54. The Labute approximate surface area is 200 Å². The summed E-state index contributed by atoms with van der Waals surface area (Å²) in [6.45, 7) is 6.78. The van der Waals surface area contributed by atoms with Gasteiger partial charge in [-0.2, -0.15) is 0 Å². The van der Waals surface area contributed by atoms with Crippen molar-refractivity contribution in [2.75, 3.05) is 11.1 Å². The molecule has 0 bridgehead atoms. The second-order valence-corrected chi connectivity index (χ2v) is 9.70. The van der Waals surface area contributed by atoms with E-state index in [-0.39, 0.29) is 23.6 Å². The van der Waals surface area contributed by atoms with E-state index in [2.05, 4.69) is 39.7 Å². The first-order valence-corrected chi connectivity index (χ1v) is 12.4.